The summed E-state index contributed by atoms with van der Waals surface area (Å²) >= 11 is 1.77. The van der Waals surface area contributed by atoms with Crippen LogP contribution in [0.2, 0.25) is 0 Å². The summed E-state index contributed by atoms with van der Waals surface area (Å²) in [6.07, 6.45) is 2.45. The number of fused-ring (bicyclic) bond motifs is 4. The average molecular weight is 333 g/mol. The number of benzene rings is 1. The van der Waals surface area contributed by atoms with Crippen LogP contribution in [0.25, 0.3) is 0 Å². The molecule has 4 heteroatoms. The summed E-state index contributed by atoms with van der Waals surface area (Å²) in [7, 11) is 0. The molecular formula is C19H28N2OS. The van der Waals surface area contributed by atoms with Crippen molar-refractivity contribution in [3.05, 3.63) is 35.9 Å². The number of carbonyl (C=O) groups excluding carboxylic acids is 1. The van der Waals surface area contributed by atoms with E-state index in [4.69, 9.17) is 0 Å². The highest BCUT2D eigenvalue weighted by molar-refractivity contribution is 8.00. The smallest absolute Gasteiger partial charge is 0.232 e. The lowest BCUT2D eigenvalue weighted by atomic mass is 9.95. The van der Waals surface area contributed by atoms with Crippen molar-refractivity contribution in [1.82, 2.24) is 9.80 Å². The Hall–Kier alpha value is -1.00. The van der Waals surface area contributed by atoms with Crippen LogP contribution in [-0.2, 0) is 11.3 Å². The van der Waals surface area contributed by atoms with Crippen LogP contribution < -0.4 is 0 Å². The van der Waals surface area contributed by atoms with Gasteiger partial charge in [0.15, 0.2) is 0 Å². The van der Waals surface area contributed by atoms with Crippen molar-refractivity contribution in [2.45, 2.75) is 44.5 Å². The predicted molar refractivity (Wildman–Crippen MR) is 97.5 cm³/mol. The molecule has 3 aliphatic rings. The fourth-order valence-corrected chi connectivity index (χ4v) is 4.42. The van der Waals surface area contributed by atoms with Gasteiger partial charge in [0, 0.05) is 32.2 Å². The van der Waals surface area contributed by atoms with E-state index in [0.717, 1.165) is 26.2 Å². The molecule has 1 aromatic rings. The molecule has 126 valence electrons. The number of amides is 1. The predicted octanol–water partition coefficient (Wildman–Crippen LogP) is 3.25. The Balaban J connectivity index is 1.62. The van der Waals surface area contributed by atoms with Crippen LogP contribution in [0.1, 0.15) is 32.3 Å². The van der Waals surface area contributed by atoms with Gasteiger partial charge >= 0.3 is 0 Å². The van der Waals surface area contributed by atoms with Gasteiger partial charge in [-0.15, -0.1) is 11.8 Å². The lowest BCUT2D eigenvalue weighted by molar-refractivity contribution is -0.132. The summed E-state index contributed by atoms with van der Waals surface area (Å²) in [5.74, 6) is 1.63. The van der Waals surface area contributed by atoms with Crippen LogP contribution in [0, 0.1) is 5.92 Å². The molecule has 3 nitrogen and oxygen atoms in total. The van der Waals surface area contributed by atoms with Crippen molar-refractivity contribution in [2.24, 2.45) is 5.92 Å². The molecule has 2 atom stereocenters. The molecule has 2 bridgehead atoms. The minimum Gasteiger partial charge on any atom is -0.337 e. The van der Waals surface area contributed by atoms with Crippen LogP contribution in [-0.4, -0.2) is 52.4 Å². The summed E-state index contributed by atoms with van der Waals surface area (Å²) in [6.45, 7) is 8.46. The van der Waals surface area contributed by atoms with Crippen LogP contribution in [0.4, 0.5) is 0 Å². The number of hydrogen-bond acceptors (Lipinski definition) is 3. The molecule has 23 heavy (non-hydrogen) atoms. The van der Waals surface area contributed by atoms with Crippen molar-refractivity contribution in [3.63, 3.8) is 0 Å². The van der Waals surface area contributed by atoms with E-state index in [1.165, 1.54) is 18.4 Å². The maximum absolute atomic E-state index is 12.6. The maximum atomic E-state index is 12.6. The molecule has 0 unspecified atom stereocenters. The Kier molecular flexibility index (Phi) is 5.65. The Labute approximate surface area is 144 Å². The highest BCUT2D eigenvalue weighted by atomic mass is 32.2. The largest absolute Gasteiger partial charge is 0.337 e. The number of carbonyl (C=O) groups is 1. The van der Waals surface area contributed by atoms with Gasteiger partial charge in [0.05, 0.1) is 5.75 Å². The van der Waals surface area contributed by atoms with Gasteiger partial charge in [-0.25, -0.2) is 0 Å². The molecule has 3 saturated heterocycles. The molecule has 3 fully saturated rings. The lowest BCUT2D eigenvalue weighted by Crippen LogP contribution is -2.48. The summed E-state index contributed by atoms with van der Waals surface area (Å²) in [5.41, 5.74) is 1.38. The second-order valence-corrected chi connectivity index (χ2v) is 8.75. The first-order valence-electron chi connectivity index (χ1n) is 8.79. The normalized spacial score (nSPS) is 24.9. The van der Waals surface area contributed by atoms with E-state index in [0.29, 0.717) is 28.9 Å². The minimum absolute atomic E-state index is 0.347. The second-order valence-electron chi connectivity index (χ2n) is 7.18. The van der Waals surface area contributed by atoms with Crippen molar-refractivity contribution in [3.8, 4) is 0 Å². The number of piperidine rings is 1. The van der Waals surface area contributed by atoms with Crippen LogP contribution in [0.5, 0.6) is 0 Å². The summed E-state index contributed by atoms with van der Waals surface area (Å²) in [4.78, 5) is 17.3. The standard InChI is InChI=1S/C19H28N2OS/c1-15(2)23-14-19(22)21-12-17-8-9-18(21)13-20(11-17)10-16-6-4-3-5-7-16/h3-7,15,17-18H,8-14H2,1-2H3/t17-,18+/m0/s1. The van der Waals surface area contributed by atoms with Crippen molar-refractivity contribution < 1.29 is 4.79 Å². The number of nitrogens with zero attached hydrogens (tertiary/aromatic N) is 2. The Morgan fingerprint density at radius 3 is 2.70 bits per heavy atom. The topological polar surface area (TPSA) is 23.6 Å². The first kappa shape index (κ1) is 16.8. The third-order valence-corrected chi connectivity index (χ3v) is 5.98. The third kappa shape index (κ3) is 4.51. The molecule has 0 aromatic heterocycles. The van der Waals surface area contributed by atoms with E-state index >= 15 is 0 Å². The van der Waals surface area contributed by atoms with Crippen LogP contribution in [0.3, 0.4) is 0 Å². The molecule has 0 N–H and O–H groups in total. The van der Waals surface area contributed by atoms with E-state index in [-0.39, 0.29) is 0 Å². The SMILES string of the molecule is CC(C)SCC(=O)N1C[C@H]2CC[C@@H]1CN(Cc1ccccc1)C2. The molecule has 0 aliphatic carbocycles. The van der Waals surface area contributed by atoms with Gasteiger partial charge in [-0.2, -0.15) is 0 Å². The number of thioether (sulfide) groups is 1. The van der Waals surface area contributed by atoms with E-state index < -0.39 is 0 Å². The quantitative estimate of drug-likeness (QED) is 0.827. The van der Waals surface area contributed by atoms with E-state index in [1.807, 2.05) is 0 Å². The summed E-state index contributed by atoms with van der Waals surface area (Å²) in [6, 6.07) is 11.1. The number of hydrogen-bond donors (Lipinski definition) is 0. The zero-order chi connectivity index (χ0) is 16.2. The molecule has 1 aromatic carbocycles. The zero-order valence-electron chi connectivity index (χ0n) is 14.3. The van der Waals surface area contributed by atoms with Gasteiger partial charge in [0.25, 0.3) is 0 Å². The maximum Gasteiger partial charge on any atom is 0.232 e. The highest BCUT2D eigenvalue weighted by Gasteiger charge is 2.36. The van der Waals surface area contributed by atoms with Gasteiger partial charge in [-0.3, -0.25) is 9.69 Å². The summed E-state index contributed by atoms with van der Waals surface area (Å²) < 4.78 is 0. The van der Waals surface area contributed by atoms with Crippen molar-refractivity contribution in [1.29, 1.82) is 0 Å². The van der Waals surface area contributed by atoms with E-state index in [9.17, 15) is 4.79 Å². The molecule has 1 amide bonds. The molecular weight excluding hydrogens is 304 g/mol. The monoisotopic (exact) mass is 332 g/mol. The Morgan fingerprint density at radius 2 is 1.96 bits per heavy atom. The molecule has 3 heterocycles. The van der Waals surface area contributed by atoms with Gasteiger partial charge < -0.3 is 4.90 Å². The van der Waals surface area contributed by atoms with Gasteiger partial charge in [-0.1, -0.05) is 44.2 Å². The van der Waals surface area contributed by atoms with Gasteiger partial charge in [-0.05, 0) is 29.6 Å². The molecule has 4 rings (SSSR count). The Bertz CT molecular complexity index is 519. The zero-order valence-corrected chi connectivity index (χ0v) is 15.1. The second kappa shape index (κ2) is 7.71. The number of rotatable bonds is 5. The summed E-state index contributed by atoms with van der Waals surface area (Å²) in [5, 5.41) is 0.526. The van der Waals surface area contributed by atoms with Crippen molar-refractivity contribution >= 4 is 17.7 Å². The first-order chi connectivity index (χ1) is 11.1. The fraction of sp³-hybridized carbons (Fsp3) is 0.632. The fourth-order valence-electron chi connectivity index (χ4n) is 3.78. The average Bonchev–Trinajstić information content (AvgIpc) is 2.84. The van der Waals surface area contributed by atoms with Gasteiger partial charge in [0.1, 0.15) is 0 Å². The van der Waals surface area contributed by atoms with E-state index in [1.54, 1.807) is 11.8 Å². The first-order valence-corrected chi connectivity index (χ1v) is 9.84. The van der Waals surface area contributed by atoms with Crippen LogP contribution in [0.15, 0.2) is 30.3 Å². The lowest BCUT2D eigenvalue weighted by Gasteiger charge is -2.36. The molecule has 0 saturated carbocycles. The molecule has 3 aliphatic heterocycles. The highest BCUT2D eigenvalue weighted by Crippen LogP contribution is 2.29. The molecule has 0 spiro atoms. The van der Waals surface area contributed by atoms with Gasteiger partial charge in [0.2, 0.25) is 5.91 Å². The van der Waals surface area contributed by atoms with E-state index in [2.05, 4.69) is 54.0 Å². The molecule has 0 radical (unpaired) electrons. The Morgan fingerprint density at radius 1 is 1.17 bits per heavy atom. The van der Waals surface area contributed by atoms with Crippen LogP contribution >= 0.6 is 11.8 Å². The minimum atomic E-state index is 0.347. The third-order valence-electron chi connectivity index (χ3n) is 4.90. The van der Waals surface area contributed by atoms with Crippen molar-refractivity contribution in [2.75, 3.05) is 25.4 Å².